The van der Waals surface area contributed by atoms with Crippen molar-refractivity contribution < 1.29 is 27.5 Å². The highest BCUT2D eigenvalue weighted by Crippen LogP contribution is 2.27. The largest absolute Gasteiger partial charge is 0.449 e. The van der Waals surface area contributed by atoms with Crippen LogP contribution in [-0.2, 0) is 19.6 Å². The Hall–Kier alpha value is -2.46. The van der Waals surface area contributed by atoms with E-state index in [1.165, 1.54) is 35.5 Å². The molecule has 3 amide bonds. The summed E-state index contributed by atoms with van der Waals surface area (Å²) in [6.07, 6.45) is -0.288. The van der Waals surface area contributed by atoms with Gasteiger partial charge in [0.2, 0.25) is 10.0 Å². The first-order valence-corrected chi connectivity index (χ1v) is 12.1. The maximum absolute atomic E-state index is 13.1. The molecule has 10 heteroatoms. The summed E-state index contributed by atoms with van der Waals surface area (Å²) in [5.41, 5.74) is -0.539. The lowest BCUT2D eigenvalue weighted by Gasteiger charge is -2.34. The van der Waals surface area contributed by atoms with Gasteiger partial charge in [-0.1, -0.05) is 19.9 Å². The Morgan fingerprint density at radius 2 is 1.72 bits per heavy atom. The Labute approximate surface area is 189 Å². The van der Waals surface area contributed by atoms with Crippen molar-refractivity contribution in [3.8, 4) is 0 Å². The number of hydrogen-bond donors (Lipinski definition) is 2. The molecule has 2 rings (SSSR count). The Morgan fingerprint density at radius 1 is 1.12 bits per heavy atom. The van der Waals surface area contributed by atoms with Crippen molar-refractivity contribution >= 4 is 27.9 Å². The second-order valence-electron chi connectivity index (χ2n) is 9.54. The van der Waals surface area contributed by atoms with Crippen molar-refractivity contribution in [2.75, 3.05) is 13.1 Å². The van der Waals surface area contributed by atoms with Gasteiger partial charge < -0.3 is 10.1 Å². The Kier molecular flexibility index (Phi) is 8.06. The number of amides is 3. The quantitative estimate of drug-likeness (QED) is 0.642. The number of urea groups is 1. The highest BCUT2D eigenvalue weighted by molar-refractivity contribution is 7.89. The summed E-state index contributed by atoms with van der Waals surface area (Å²) < 4.78 is 32.8. The van der Waals surface area contributed by atoms with Gasteiger partial charge in [0.1, 0.15) is 0 Å². The second-order valence-corrected chi connectivity index (χ2v) is 11.5. The molecule has 0 bridgehead atoms. The molecule has 3 atom stereocenters. The SMILES string of the molecule is CC1CC(C)CN(S(=O)(=O)c2cccc(C(=O)OC(C)C(=O)NC(=O)NC(C)(C)C)c2)C1. The summed E-state index contributed by atoms with van der Waals surface area (Å²) in [6, 6.07) is 4.85. The minimum absolute atomic E-state index is 0.00275. The zero-order valence-corrected chi connectivity index (χ0v) is 20.3. The molecular weight excluding hydrogens is 434 g/mol. The number of nitrogens with zero attached hydrogens (tertiary/aromatic N) is 1. The third kappa shape index (κ3) is 7.03. The van der Waals surface area contributed by atoms with Crippen LogP contribution in [0, 0.1) is 11.8 Å². The number of benzene rings is 1. The molecule has 0 aliphatic carbocycles. The molecule has 1 aliphatic heterocycles. The number of esters is 1. The molecule has 9 nitrogen and oxygen atoms in total. The van der Waals surface area contributed by atoms with Crippen molar-refractivity contribution in [1.29, 1.82) is 0 Å². The number of carbonyl (C=O) groups excluding carboxylic acids is 3. The number of ether oxygens (including phenoxy) is 1. The fraction of sp³-hybridized carbons (Fsp3) is 0.591. The van der Waals surface area contributed by atoms with Crippen LogP contribution in [0.25, 0.3) is 0 Å². The van der Waals surface area contributed by atoms with Gasteiger partial charge >= 0.3 is 12.0 Å². The molecule has 1 aromatic carbocycles. The monoisotopic (exact) mass is 467 g/mol. The molecule has 1 heterocycles. The van der Waals surface area contributed by atoms with E-state index in [2.05, 4.69) is 10.6 Å². The average molecular weight is 468 g/mol. The zero-order chi connectivity index (χ0) is 24.3. The van der Waals surface area contributed by atoms with Gasteiger partial charge in [0, 0.05) is 18.6 Å². The van der Waals surface area contributed by atoms with Crippen LogP contribution in [0.15, 0.2) is 29.2 Å². The molecule has 3 unspecified atom stereocenters. The van der Waals surface area contributed by atoms with E-state index in [0.717, 1.165) is 6.42 Å². The van der Waals surface area contributed by atoms with E-state index < -0.39 is 39.6 Å². The lowest BCUT2D eigenvalue weighted by Crippen LogP contribution is -2.50. The molecule has 0 radical (unpaired) electrons. The van der Waals surface area contributed by atoms with Crippen molar-refractivity contribution in [2.45, 2.75) is 64.5 Å². The number of hydrogen-bond acceptors (Lipinski definition) is 6. The van der Waals surface area contributed by atoms with Crippen molar-refractivity contribution in [1.82, 2.24) is 14.9 Å². The Bertz CT molecular complexity index is 960. The summed E-state index contributed by atoms with van der Waals surface area (Å²) >= 11 is 0. The van der Waals surface area contributed by atoms with Crippen LogP contribution in [-0.4, -0.2) is 55.4 Å². The maximum Gasteiger partial charge on any atom is 0.338 e. The van der Waals surface area contributed by atoms with Gasteiger partial charge in [0.25, 0.3) is 5.91 Å². The van der Waals surface area contributed by atoms with Gasteiger partial charge in [0.15, 0.2) is 6.10 Å². The van der Waals surface area contributed by atoms with Gasteiger partial charge in [-0.2, -0.15) is 4.31 Å². The molecule has 0 aromatic heterocycles. The van der Waals surface area contributed by atoms with Crippen LogP contribution in [0.4, 0.5) is 4.79 Å². The molecule has 1 saturated heterocycles. The molecule has 2 N–H and O–H groups in total. The summed E-state index contributed by atoms with van der Waals surface area (Å²) in [6.45, 7) is 11.5. The fourth-order valence-corrected chi connectivity index (χ4v) is 5.33. The predicted molar refractivity (Wildman–Crippen MR) is 119 cm³/mol. The lowest BCUT2D eigenvalue weighted by molar-refractivity contribution is -0.127. The van der Waals surface area contributed by atoms with Crippen LogP contribution in [0.1, 0.15) is 58.3 Å². The van der Waals surface area contributed by atoms with Gasteiger partial charge in [0.05, 0.1) is 10.5 Å². The molecule has 1 aromatic rings. The summed E-state index contributed by atoms with van der Waals surface area (Å²) in [4.78, 5) is 36.5. The second kappa shape index (κ2) is 9.99. The van der Waals surface area contributed by atoms with Gasteiger partial charge in [-0.25, -0.2) is 18.0 Å². The molecule has 0 saturated carbocycles. The predicted octanol–water partition coefficient (Wildman–Crippen LogP) is 2.52. The fourth-order valence-electron chi connectivity index (χ4n) is 3.60. The number of piperidine rings is 1. The third-order valence-electron chi connectivity index (χ3n) is 4.92. The topological polar surface area (TPSA) is 122 Å². The van der Waals surface area contributed by atoms with E-state index >= 15 is 0 Å². The highest BCUT2D eigenvalue weighted by Gasteiger charge is 2.32. The maximum atomic E-state index is 13.1. The smallest absolute Gasteiger partial charge is 0.338 e. The van der Waals surface area contributed by atoms with Crippen LogP contribution >= 0.6 is 0 Å². The first-order chi connectivity index (χ1) is 14.7. The first-order valence-electron chi connectivity index (χ1n) is 10.6. The van der Waals surface area contributed by atoms with Crippen molar-refractivity contribution in [3.05, 3.63) is 29.8 Å². The van der Waals surface area contributed by atoms with Crippen molar-refractivity contribution in [2.24, 2.45) is 11.8 Å². The normalized spacial score (nSPS) is 20.8. The molecule has 1 fully saturated rings. The van der Waals surface area contributed by atoms with E-state index in [1.807, 2.05) is 13.8 Å². The van der Waals surface area contributed by atoms with Crippen LogP contribution in [0.3, 0.4) is 0 Å². The highest BCUT2D eigenvalue weighted by atomic mass is 32.2. The van der Waals surface area contributed by atoms with Crippen LogP contribution < -0.4 is 10.6 Å². The Balaban J connectivity index is 2.08. The van der Waals surface area contributed by atoms with Crippen molar-refractivity contribution in [3.63, 3.8) is 0 Å². The summed E-state index contributed by atoms with van der Waals surface area (Å²) in [5, 5.41) is 4.68. The van der Waals surface area contributed by atoms with Crippen LogP contribution in [0.2, 0.25) is 0 Å². The summed E-state index contributed by atoms with van der Waals surface area (Å²) in [7, 11) is -3.77. The minimum atomic E-state index is -3.77. The number of carbonyl (C=O) groups is 3. The van der Waals surface area contributed by atoms with E-state index in [4.69, 9.17) is 4.74 Å². The van der Waals surface area contributed by atoms with Gasteiger partial charge in [-0.3, -0.25) is 10.1 Å². The molecule has 32 heavy (non-hydrogen) atoms. The zero-order valence-electron chi connectivity index (χ0n) is 19.5. The number of imide groups is 1. The first kappa shape index (κ1) is 25.8. The minimum Gasteiger partial charge on any atom is -0.449 e. The van der Waals surface area contributed by atoms with E-state index in [0.29, 0.717) is 13.1 Å². The number of nitrogens with one attached hydrogen (secondary N) is 2. The molecular formula is C22H33N3O6S. The van der Waals surface area contributed by atoms with Gasteiger partial charge in [-0.05, 0) is 64.2 Å². The van der Waals surface area contributed by atoms with E-state index in [1.54, 1.807) is 20.8 Å². The van der Waals surface area contributed by atoms with Crippen LogP contribution in [0.5, 0.6) is 0 Å². The average Bonchev–Trinajstić information content (AvgIpc) is 2.65. The third-order valence-corrected chi connectivity index (χ3v) is 6.75. The van der Waals surface area contributed by atoms with Gasteiger partial charge in [-0.15, -0.1) is 0 Å². The molecule has 1 aliphatic rings. The standard InChI is InChI=1S/C22H33N3O6S/c1-14-10-15(2)13-25(12-14)32(29,30)18-9-7-8-17(11-18)20(27)31-16(3)19(26)23-21(28)24-22(4,5)6/h7-9,11,14-16H,10,12-13H2,1-6H3,(H2,23,24,26,28). The van der Waals surface area contributed by atoms with E-state index in [-0.39, 0.29) is 22.3 Å². The molecule has 178 valence electrons. The summed E-state index contributed by atoms with van der Waals surface area (Å²) in [5.74, 6) is -1.16. The Morgan fingerprint density at radius 3 is 2.28 bits per heavy atom. The molecule has 0 spiro atoms. The number of rotatable bonds is 5. The van der Waals surface area contributed by atoms with E-state index in [9.17, 15) is 22.8 Å². The number of sulfonamides is 1. The lowest BCUT2D eigenvalue weighted by atomic mass is 9.94.